The lowest BCUT2D eigenvalue weighted by Gasteiger charge is -2.06. The number of ether oxygens (including phenoxy) is 1. The van der Waals surface area contributed by atoms with Gasteiger partial charge in [0.05, 0.1) is 4.47 Å². The van der Waals surface area contributed by atoms with Gasteiger partial charge >= 0.3 is 0 Å². The molecule has 0 bridgehead atoms. The fourth-order valence-corrected chi connectivity index (χ4v) is 1.88. The fraction of sp³-hybridized carbons (Fsp3) is 0.0833. The fourth-order valence-electron chi connectivity index (χ4n) is 1.31. The van der Waals surface area contributed by atoms with Crippen LogP contribution in [0.5, 0.6) is 11.6 Å². The SMILES string of the molecule is Cc1ccc(Oc2ccc(C(N)=O)nn2)c(Br)c1. The van der Waals surface area contributed by atoms with Crippen molar-refractivity contribution in [1.29, 1.82) is 0 Å². The maximum atomic E-state index is 10.8. The average Bonchev–Trinajstić information content (AvgIpc) is 2.33. The molecule has 5 nitrogen and oxygen atoms in total. The predicted octanol–water partition coefficient (Wildman–Crippen LogP) is 2.44. The van der Waals surface area contributed by atoms with Gasteiger partial charge in [0.15, 0.2) is 5.69 Å². The van der Waals surface area contributed by atoms with Gasteiger partial charge in [-0.2, -0.15) is 0 Å². The lowest BCUT2D eigenvalue weighted by atomic mass is 10.2. The number of hydrogen-bond donors (Lipinski definition) is 1. The van der Waals surface area contributed by atoms with E-state index >= 15 is 0 Å². The van der Waals surface area contributed by atoms with Crippen LogP contribution in [0.4, 0.5) is 0 Å². The molecule has 0 aliphatic heterocycles. The van der Waals surface area contributed by atoms with Crippen molar-refractivity contribution in [3.63, 3.8) is 0 Å². The van der Waals surface area contributed by atoms with Crippen LogP contribution in [0.15, 0.2) is 34.8 Å². The molecular weight excluding hydrogens is 298 g/mol. The number of primary amides is 1. The van der Waals surface area contributed by atoms with Crippen LogP contribution in [-0.2, 0) is 0 Å². The molecule has 0 radical (unpaired) electrons. The summed E-state index contributed by atoms with van der Waals surface area (Å²) in [5.41, 5.74) is 6.28. The second kappa shape index (κ2) is 5.14. The predicted molar refractivity (Wildman–Crippen MR) is 69.5 cm³/mol. The molecule has 2 aromatic rings. The zero-order chi connectivity index (χ0) is 13.1. The van der Waals surface area contributed by atoms with E-state index in [9.17, 15) is 4.79 Å². The van der Waals surface area contributed by atoms with Crippen molar-refractivity contribution in [2.75, 3.05) is 0 Å². The number of nitrogens with zero attached hydrogens (tertiary/aromatic N) is 2. The molecule has 1 aromatic heterocycles. The first-order valence-electron chi connectivity index (χ1n) is 5.14. The Balaban J connectivity index is 2.21. The van der Waals surface area contributed by atoms with Crippen LogP contribution in [0.3, 0.4) is 0 Å². The van der Waals surface area contributed by atoms with Gasteiger partial charge < -0.3 is 10.5 Å². The zero-order valence-corrected chi connectivity index (χ0v) is 11.1. The van der Waals surface area contributed by atoms with E-state index in [1.165, 1.54) is 6.07 Å². The van der Waals surface area contributed by atoms with Crippen LogP contribution in [0.1, 0.15) is 16.1 Å². The Morgan fingerprint density at radius 3 is 2.61 bits per heavy atom. The summed E-state index contributed by atoms with van der Waals surface area (Å²) in [5.74, 6) is 0.303. The van der Waals surface area contributed by atoms with Gasteiger partial charge in [-0.25, -0.2) is 0 Å². The number of hydrogen-bond acceptors (Lipinski definition) is 4. The van der Waals surface area contributed by atoms with E-state index in [0.717, 1.165) is 10.0 Å². The quantitative estimate of drug-likeness (QED) is 0.944. The van der Waals surface area contributed by atoms with Crippen LogP contribution in [0.25, 0.3) is 0 Å². The highest BCUT2D eigenvalue weighted by molar-refractivity contribution is 9.10. The van der Waals surface area contributed by atoms with Crippen molar-refractivity contribution in [2.24, 2.45) is 5.73 Å². The molecule has 0 saturated heterocycles. The van der Waals surface area contributed by atoms with Crippen molar-refractivity contribution in [3.05, 3.63) is 46.1 Å². The van der Waals surface area contributed by atoms with E-state index < -0.39 is 5.91 Å². The van der Waals surface area contributed by atoms with E-state index in [-0.39, 0.29) is 5.69 Å². The Hall–Kier alpha value is -1.95. The van der Waals surface area contributed by atoms with Gasteiger partial charge in [0.2, 0.25) is 5.88 Å². The van der Waals surface area contributed by atoms with E-state index in [2.05, 4.69) is 26.1 Å². The summed E-state index contributed by atoms with van der Waals surface area (Å²) in [6.07, 6.45) is 0. The first-order valence-corrected chi connectivity index (χ1v) is 5.93. The summed E-state index contributed by atoms with van der Waals surface area (Å²) in [7, 11) is 0. The molecule has 6 heteroatoms. The molecule has 0 fully saturated rings. The highest BCUT2D eigenvalue weighted by Crippen LogP contribution is 2.29. The van der Waals surface area contributed by atoms with Crippen molar-refractivity contribution < 1.29 is 9.53 Å². The lowest BCUT2D eigenvalue weighted by molar-refractivity contribution is 0.0994. The number of benzene rings is 1. The van der Waals surface area contributed by atoms with E-state index in [1.54, 1.807) is 6.07 Å². The van der Waals surface area contributed by atoms with Crippen LogP contribution < -0.4 is 10.5 Å². The number of aryl methyl sites for hydroxylation is 1. The van der Waals surface area contributed by atoms with Gasteiger partial charge in [-0.3, -0.25) is 4.79 Å². The van der Waals surface area contributed by atoms with Crippen LogP contribution in [-0.4, -0.2) is 16.1 Å². The van der Waals surface area contributed by atoms with Gasteiger partial charge in [0, 0.05) is 6.07 Å². The van der Waals surface area contributed by atoms with Gasteiger partial charge in [0.25, 0.3) is 5.91 Å². The second-order valence-electron chi connectivity index (χ2n) is 3.66. The maximum Gasteiger partial charge on any atom is 0.269 e. The Labute approximate surface area is 112 Å². The van der Waals surface area contributed by atoms with Gasteiger partial charge in [-0.15, -0.1) is 10.2 Å². The number of aromatic nitrogens is 2. The average molecular weight is 308 g/mol. The number of amides is 1. The number of carbonyl (C=O) groups is 1. The lowest BCUT2D eigenvalue weighted by Crippen LogP contribution is -2.13. The van der Waals surface area contributed by atoms with Crippen LogP contribution in [0, 0.1) is 6.92 Å². The van der Waals surface area contributed by atoms with E-state index in [0.29, 0.717) is 11.6 Å². The Morgan fingerprint density at radius 2 is 2.06 bits per heavy atom. The molecule has 0 aliphatic carbocycles. The Kier molecular flexibility index (Phi) is 3.57. The number of halogens is 1. The molecule has 92 valence electrons. The highest BCUT2D eigenvalue weighted by atomic mass is 79.9. The largest absolute Gasteiger partial charge is 0.436 e. The Morgan fingerprint density at radius 1 is 1.28 bits per heavy atom. The summed E-state index contributed by atoms with van der Waals surface area (Å²) in [5, 5.41) is 7.42. The summed E-state index contributed by atoms with van der Waals surface area (Å²) in [4.78, 5) is 10.8. The summed E-state index contributed by atoms with van der Waals surface area (Å²) in [6, 6.07) is 8.68. The van der Waals surface area contributed by atoms with Gasteiger partial charge in [-0.05, 0) is 46.6 Å². The first-order chi connectivity index (χ1) is 8.56. The molecule has 18 heavy (non-hydrogen) atoms. The monoisotopic (exact) mass is 307 g/mol. The normalized spacial score (nSPS) is 10.1. The summed E-state index contributed by atoms with van der Waals surface area (Å²) >= 11 is 3.39. The molecule has 1 aromatic carbocycles. The molecule has 0 aliphatic rings. The molecule has 0 atom stereocenters. The van der Waals surface area contributed by atoms with E-state index in [1.807, 2.05) is 25.1 Å². The molecular formula is C12H10BrN3O2. The molecule has 1 heterocycles. The zero-order valence-electron chi connectivity index (χ0n) is 9.55. The third-order valence-electron chi connectivity index (χ3n) is 2.19. The van der Waals surface area contributed by atoms with E-state index in [4.69, 9.17) is 10.5 Å². The van der Waals surface area contributed by atoms with Crippen LogP contribution >= 0.6 is 15.9 Å². The molecule has 2 rings (SSSR count). The number of carbonyl (C=O) groups excluding carboxylic acids is 1. The van der Waals surface area contributed by atoms with Crippen LogP contribution in [0.2, 0.25) is 0 Å². The third-order valence-corrected chi connectivity index (χ3v) is 2.81. The maximum absolute atomic E-state index is 10.8. The molecule has 2 N–H and O–H groups in total. The van der Waals surface area contributed by atoms with Crippen molar-refractivity contribution in [3.8, 4) is 11.6 Å². The minimum Gasteiger partial charge on any atom is -0.436 e. The minimum atomic E-state index is -0.620. The molecule has 0 unspecified atom stereocenters. The summed E-state index contributed by atoms with van der Waals surface area (Å²) in [6.45, 7) is 1.98. The number of rotatable bonds is 3. The minimum absolute atomic E-state index is 0.102. The standard InChI is InChI=1S/C12H10BrN3O2/c1-7-2-4-10(8(13)6-7)18-11-5-3-9(12(14)17)15-16-11/h2-6H,1H3,(H2,14,17). The second-order valence-corrected chi connectivity index (χ2v) is 4.51. The first kappa shape index (κ1) is 12.5. The van der Waals surface area contributed by atoms with Crippen molar-refractivity contribution >= 4 is 21.8 Å². The number of nitrogens with two attached hydrogens (primary N) is 1. The van der Waals surface area contributed by atoms with Crippen molar-refractivity contribution in [2.45, 2.75) is 6.92 Å². The topological polar surface area (TPSA) is 78.1 Å². The molecule has 1 amide bonds. The smallest absolute Gasteiger partial charge is 0.269 e. The van der Waals surface area contributed by atoms with Gasteiger partial charge in [0.1, 0.15) is 5.75 Å². The Bertz CT molecular complexity index is 584. The van der Waals surface area contributed by atoms with Gasteiger partial charge in [-0.1, -0.05) is 6.07 Å². The highest BCUT2D eigenvalue weighted by Gasteiger charge is 2.06. The molecule has 0 spiro atoms. The molecule has 0 saturated carbocycles. The third kappa shape index (κ3) is 2.84. The summed E-state index contributed by atoms with van der Waals surface area (Å²) < 4.78 is 6.35. The van der Waals surface area contributed by atoms with Crippen molar-refractivity contribution in [1.82, 2.24) is 10.2 Å².